The standard InChI is InChI=1S/C32H40ClN3O6S/c1-6-23(4)34-32(38)28(7-2)35(21-24-12-11-13-26(20-24)41-5)31(37)22-36(29-14-9-10-15-30(29)42-8-3)43(39,40)27-18-16-25(33)17-19-27/h9-20,23,28H,6-8,21-22H2,1-5H3,(H,34,38)/t23-,28-/m1/s1. The van der Waals surface area contributed by atoms with Crippen molar-refractivity contribution in [2.45, 2.75) is 64.1 Å². The van der Waals surface area contributed by atoms with Gasteiger partial charge in [0.15, 0.2) is 0 Å². The summed E-state index contributed by atoms with van der Waals surface area (Å²) in [5.41, 5.74) is 0.926. The van der Waals surface area contributed by atoms with E-state index in [9.17, 15) is 18.0 Å². The van der Waals surface area contributed by atoms with Gasteiger partial charge < -0.3 is 19.7 Å². The van der Waals surface area contributed by atoms with E-state index >= 15 is 0 Å². The van der Waals surface area contributed by atoms with Crippen LogP contribution in [0.4, 0.5) is 5.69 Å². The maximum atomic E-state index is 14.3. The Hall–Kier alpha value is -3.76. The fourth-order valence-corrected chi connectivity index (χ4v) is 6.07. The summed E-state index contributed by atoms with van der Waals surface area (Å²) in [6.07, 6.45) is 1.03. The summed E-state index contributed by atoms with van der Waals surface area (Å²) >= 11 is 6.04. The number of hydrogen-bond donors (Lipinski definition) is 1. The fourth-order valence-electron chi connectivity index (χ4n) is 4.52. The van der Waals surface area contributed by atoms with Crippen LogP contribution in [0, 0.1) is 0 Å². The molecule has 0 saturated carbocycles. The molecule has 0 heterocycles. The maximum Gasteiger partial charge on any atom is 0.264 e. The second-order valence-electron chi connectivity index (χ2n) is 9.98. The number of rotatable bonds is 15. The number of halogens is 1. The first-order valence-corrected chi connectivity index (χ1v) is 16.1. The van der Waals surface area contributed by atoms with E-state index in [1.807, 2.05) is 26.8 Å². The van der Waals surface area contributed by atoms with Crippen LogP contribution < -0.4 is 19.1 Å². The minimum atomic E-state index is -4.27. The van der Waals surface area contributed by atoms with Crippen LogP contribution in [0.3, 0.4) is 0 Å². The number of para-hydroxylation sites is 2. The first kappa shape index (κ1) is 33.7. The van der Waals surface area contributed by atoms with Crippen molar-refractivity contribution in [3.05, 3.63) is 83.4 Å². The zero-order valence-corrected chi connectivity index (χ0v) is 26.8. The van der Waals surface area contributed by atoms with Crippen molar-refractivity contribution < 1.29 is 27.5 Å². The third kappa shape index (κ3) is 8.64. The van der Waals surface area contributed by atoms with Crippen LogP contribution in [-0.4, -0.2) is 57.5 Å². The number of benzene rings is 3. The molecule has 11 heteroatoms. The smallest absolute Gasteiger partial charge is 0.264 e. The molecule has 0 aliphatic heterocycles. The van der Waals surface area contributed by atoms with E-state index in [1.165, 1.54) is 29.2 Å². The van der Waals surface area contributed by atoms with Crippen LogP contribution in [0.25, 0.3) is 0 Å². The largest absolute Gasteiger partial charge is 0.497 e. The molecule has 2 atom stereocenters. The van der Waals surface area contributed by atoms with Gasteiger partial charge in [0, 0.05) is 17.6 Å². The van der Waals surface area contributed by atoms with Gasteiger partial charge >= 0.3 is 0 Å². The fraction of sp³-hybridized carbons (Fsp3) is 0.375. The van der Waals surface area contributed by atoms with Gasteiger partial charge in [0.1, 0.15) is 24.1 Å². The van der Waals surface area contributed by atoms with E-state index in [1.54, 1.807) is 56.5 Å². The van der Waals surface area contributed by atoms with Crippen LogP contribution in [0.15, 0.2) is 77.7 Å². The summed E-state index contributed by atoms with van der Waals surface area (Å²) in [5, 5.41) is 3.35. The lowest BCUT2D eigenvalue weighted by atomic mass is 10.1. The molecule has 0 aromatic heterocycles. The second-order valence-corrected chi connectivity index (χ2v) is 12.3. The highest BCUT2D eigenvalue weighted by molar-refractivity contribution is 7.92. The van der Waals surface area contributed by atoms with Gasteiger partial charge in [-0.15, -0.1) is 0 Å². The molecule has 0 aliphatic rings. The average Bonchev–Trinajstić information content (AvgIpc) is 3.00. The minimum Gasteiger partial charge on any atom is -0.497 e. The highest BCUT2D eigenvalue weighted by Gasteiger charge is 2.35. The Morgan fingerprint density at radius 2 is 1.65 bits per heavy atom. The van der Waals surface area contributed by atoms with Gasteiger partial charge in [0.25, 0.3) is 10.0 Å². The third-order valence-corrected chi connectivity index (χ3v) is 9.01. The van der Waals surface area contributed by atoms with E-state index in [0.717, 1.165) is 9.87 Å². The number of hydrogen-bond acceptors (Lipinski definition) is 6. The number of methoxy groups -OCH3 is 1. The molecule has 3 aromatic rings. The summed E-state index contributed by atoms with van der Waals surface area (Å²) in [6, 6.07) is 18.6. The van der Waals surface area contributed by atoms with Crippen molar-refractivity contribution in [2.24, 2.45) is 0 Å². The Morgan fingerprint density at radius 1 is 0.953 bits per heavy atom. The normalized spacial score (nSPS) is 12.6. The predicted molar refractivity (Wildman–Crippen MR) is 169 cm³/mol. The Morgan fingerprint density at radius 3 is 2.28 bits per heavy atom. The van der Waals surface area contributed by atoms with Gasteiger partial charge in [-0.2, -0.15) is 0 Å². The monoisotopic (exact) mass is 629 g/mol. The maximum absolute atomic E-state index is 14.3. The van der Waals surface area contributed by atoms with Crippen LogP contribution in [0.5, 0.6) is 11.5 Å². The Labute approximate surface area is 259 Å². The number of carbonyl (C=O) groups is 2. The van der Waals surface area contributed by atoms with Crippen LogP contribution >= 0.6 is 11.6 Å². The zero-order valence-electron chi connectivity index (χ0n) is 25.2. The van der Waals surface area contributed by atoms with Gasteiger partial charge in [-0.05, 0) is 80.8 Å². The SMILES string of the molecule is CCOc1ccccc1N(CC(=O)N(Cc1cccc(OC)c1)[C@H](CC)C(=O)N[C@H](C)CC)S(=O)(=O)c1ccc(Cl)cc1. The number of carbonyl (C=O) groups excluding carboxylic acids is 2. The van der Waals surface area contributed by atoms with Gasteiger partial charge in [0.2, 0.25) is 11.8 Å². The molecule has 0 fully saturated rings. The lowest BCUT2D eigenvalue weighted by molar-refractivity contribution is -0.140. The van der Waals surface area contributed by atoms with E-state index in [4.69, 9.17) is 21.1 Å². The second kappa shape index (κ2) is 15.6. The number of sulfonamides is 1. The highest BCUT2D eigenvalue weighted by atomic mass is 35.5. The van der Waals surface area contributed by atoms with Crippen LogP contribution in [-0.2, 0) is 26.2 Å². The zero-order chi connectivity index (χ0) is 31.6. The minimum absolute atomic E-state index is 0.0445. The number of nitrogens with one attached hydrogen (secondary N) is 1. The molecule has 0 radical (unpaired) electrons. The Kier molecular flexibility index (Phi) is 12.3. The molecule has 2 amide bonds. The summed E-state index contributed by atoms with van der Waals surface area (Å²) in [4.78, 5) is 29.1. The molecular weight excluding hydrogens is 590 g/mol. The van der Waals surface area contributed by atoms with Crippen molar-refractivity contribution in [1.82, 2.24) is 10.2 Å². The molecule has 0 saturated heterocycles. The number of amides is 2. The Balaban J connectivity index is 2.12. The van der Waals surface area contributed by atoms with Crippen molar-refractivity contribution >= 4 is 39.1 Å². The number of ether oxygens (including phenoxy) is 2. The summed E-state index contributed by atoms with van der Waals surface area (Å²) in [6.45, 7) is 7.23. The molecule has 3 aromatic carbocycles. The lowest BCUT2D eigenvalue weighted by Crippen LogP contribution is -2.53. The van der Waals surface area contributed by atoms with Crippen LogP contribution in [0.2, 0.25) is 5.02 Å². The molecule has 9 nitrogen and oxygen atoms in total. The van der Waals surface area contributed by atoms with Gasteiger partial charge in [0.05, 0.1) is 24.3 Å². The summed E-state index contributed by atoms with van der Waals surface area (Å²) in [5.74, 6) is 0.0311. The van der Waals surface area contributed by atoms with Crippen LogP contribution in [0.1, 0.15) is 46.1 Å². The van der Waals surface area contributed by atoms with Crippen molar-refractivity contribution in [3.63, 3.8) is 0 Å². The van der Waals surface area contributed by atoms with E-state index in [-0.39, 0.29) is 35.7 Å². The summed E-state index contributed by atoms with van der Waals surface area (Å²) in [7, 11) is -2.73. The van der Waals surface area contributed by atoms with E-state index in [2.05, 4.69) is 5.32 Å². The summed E-state index contributed by atoms with van der Waals surface area (Å²) < 4.78 is 40.4. The first-order chi connectivity index (χ1) is 20.5. The predicted octanol–water partition coefficient (Wildman–Crippen LogP) is 5.66. The van der Waals surface area contributed by atoms with Gasteiger partial charge in [-0.1, -0.05) is 49.7 Å². The van der Waals surface area contributed by atoms with Gasteiger partial charge in [-0.3, -0.25) is 13.9 Å². The van der Waals surface area contributed by atoms with Gasteiger partial charge in [-0.25, -0.2) is 8.42 Å². The van der Waals surface area contributed by atoms with Crippen molar-refractivity contribution in [3.8, 4) is 11.5 Å². The third-order valence-electron chi connectivity index (χ3n) is 6.99. The molecule has 0 unspecified atom stereocenters. The molecule has 0 bridgehead atoms. The Bertz CT molecular complexity index is 1480. The number of nitrogens with zero attached hydrogens (tertiary/aromatic N) is 2. The molecule has 0 spiro atoms. The molecule has 3 rings (SSSR count). The van der Waals surface area contributed by atoms with Crippen molar-refractivity contribution in [1.29, 1.82) is 0 Å². The molecule has 0 aliphatic carbocycles. The number of anilines is 1. The molecular formula is C32H40ClN3O6S. The van der Waals surface area contributed by atoms with Crippen molar-refractivity contribution in [2.75, 3.05) is 24.6 Å². The molecule has 43 heavy (non-hydrogen) atoms. The quantitative estimate of drug-likeness (QED) is 0.232. The average molecular weight is 630 g/mol. The van der Waals surface area contributed by atoms with E-state index < -0.39 is 28.5 Å². The molecule has 232 valence electrons. The topological polar surface area (TPSA) is 105 Å². The lowest BCUT2D eigenvalue weighted by Gasteiger charge is -2.34. The molecule has 1 N–H and O–H groups in total. The van der Waals surface area contributed by atoms with E-state index in [0.29, 0.717) is 29.4 Å². The first-order valence-electron chi connectivity index (χ1n) is 14.3. The highest BCUT2D eigenvalue weighted by Crippen LogP contribution is 2.33.